The molecule has 0 amide bonds. The average molecular weight is 246 g/mol. The largest absolute Gasteiger partial charge is 0.507 e. The first kappa shape index (κ1) is 13.1. The molecule has 1 aliphatic rings. The van der Waals surface area contributed by atoms with Crippen molar-refractivity contribution >= 4 is 12.4 Å². The molecule has 2 N–H and O–H groups in total. The number of phenolic OH excluding ortho intramolecular Hbond substituents is 1. The van der Waals surface area contributed by atoms with Crippen molar-refractivity contribution in [1.29, 1.82) is 0 Å². The van der Waals surface area contributed by atoms with Gasteiger partial charge in [-0.25, -0.2) is 0 Å². The van der Waals surface area contributed by atoms with E-state index in [1.165, 1.54) is 0 Å². The molecule has 0 radical (unpaired) electrons. The Labute approximate surface area is 101 Å². The van der Waals surface area contributed by atoms with Crippen LogP contribution >= 0.6 is 12.4 Å². The Balaban J connectivity index is 0.00000128. The van der Waals surface area contributed by atoms with Gasteiger partial charge in [0.15, 0.2) is 0 Å². The normalized spacial score (nSPS) is 19.9. The van der Waals surface area contributed by atoms with Gasteiger partial charge < -0.3 is 19.9 Å². The number of hydrogen-bond donors (Lipinski definition) is 2. The van der Waals surface area contributed by atoms with Crippen molar-refractivity contribution in [3.8, 4) is 11.5 Å². The minimum Gasteiger partial charge on any atom is -0.507 e. The number of benzene rings is 1. The highest BCUT2D eigenvalue weighted by molar-refractivity contribution is 5.85. The average Bonchev–Trinajstić information content (AvgIpc) is 2.30. The van der Waals surface area contributed by atoms with Crippen molar-refractivity contribution in [3.63, 3.8) is 0 Å². The summed E-state index contributed by atoms with van der Waals surface area (Å²) in [6.45, 7) is 2.14. The summed E-state index contributed by atoms with van der Waals surface area (Å²) in [6, 6.07) is 5.39. The van der Waals surface area contributed by atoms with Crippen LogP contribution < -0.4 is 10.1 Å². The molecule has 1 atom stereocenters. The zero-order valence-corrected chi connectivity index (χ0v) is 9.92. The first-order valence-electron chi connectivity index (χ1n) is 4.99. The lowest BCUT2D eigenvalue weighted by Crippen LogP contribution is -2.34. The standard InChI is InChI=1S/C11H15NO3.ClH/c1-14-8-2-3-9(11(13)6-8)10-7-15-5-4-12-10;/h2-3,6,10,12-13H,4-5,7H2,1H3;1H/t10-;/m1./s1. The predicted molar refractivity (Wildman–Crippen MR) is 63.5 cm³/mol. The van der Waals surface area contributed by atoms with Gasteiger partial charge >= 0.3 is 0 Å². The lowest BCUT2D eigenvalue weighted by Gasteiger charge is -2.24. The number of aromatic hydroxyl groups is 1. The van der Waals surface area contributed by atoms with Crippen LogP contribution in [0.3, 0.4) is 0 Å². The van der Waals surface area contributed by atoms with Gasteiger partial charge in [0.25, 0.3) is 0 Å². The molecule has 0 unspecified atom stereocenters. The van der Waals surface area contributed by atoms with Gasteiger partial charge in [-0.05, 0) is 12.1 Å². The topological polar surface area (TPSA) is 50.7 Å². The maximum atomic E-state index is 9.80. The van der Waals surface area contributed by atoms with Crippen LogP contribution in [0.2, 0.25) is 0 Å². The molecule has 0 aliphatic carbocycles. The summed E-state index contributed by atoms with van der Waals surface area (Å²) in [4.78, 5) is 0. The molecular weight excluding hydrogens is 230 g/mol. The fraction of sp³-hybridized carbons (Fsp3) is 0.455. The van der Waals surface area contributed by atoms with Crippen LogP contribution in [-0.2, 0) is 4.74 Å². The second-order valence-electron chi connectivity index (χ2n) is 3.51. The third kappa shape index (κ3) is 2.78. The summed E-state index contributed by atoms with van der Waals surface area (Å²) in [6.07, 6.45) is 0. The molecule has 1 aliphatic heterocycles. The Kier molecular flexibility index (Phi) is 4.86. The van der Waals surface area contributed by atoms with Gasteiger partial charge in [0.1, 0.15) is 11.5 Å². The van der Waals surface area contributed by atoms with Crippen LogP contribution in [0.15, 0.2) is 18.2 Å². The van der Waals surface area contributed by atoms with Gasteiger partial charge in [-0.15, -0.1) is 12.4 Å². The van der Waals surface area contributed by atoms with Crippen molar-refractivity contribution in [2.24, 2.45) is 0 Å². The zero-order chi connectivity index (χ0) is 10.7. The number of halogens is 1. The van der Waals surface area contributed by atoms with Crippen LogP contribution in [0.4, 0.5) is 0 Å². The Morgan fingerprint density at radius 3 is 2.88 bits per heavy atom. The monoisotopic (exact) mass is 245 g/mol. The van der Waals surface area contributed by atoms with Gasteiger partial charge in [0.05, 0.1) is 26.4 Å². The number of methoxy groups -OCH3 is 1. The maximum absolute atomic E-state index is 9.80. The SMILES string of the molecule is COc1ccc([C@H]2COCCN2)c(O)c1.Cl. The number of morpholine rings is 1. The first-order chi connectivity index (χ1) is 7.31. The third-order valence-electron chi connectivity index (χ3n) is 2.53. The molecule has 1 saturated heterocycles. The van der Waals surface area contributed by atoms with E-state index in [-0.39, 0.29) is 24.2 Å². The fourth-order valence-corrected chi connectivity index (χ4v) is 1.71. The van der Waals surface area contributed by atoms with Crippen LogP contribution in [-0.4, -0.2) is 32.0 Å². The highest BCUT2D eigenvalue weighted by Crippen LogP contribution is 2.29. The van der Waals surface area contributed by atoms with Gasteiger partial charge in [0.2, 0.25) is 0 Å². The van der Waals surface area contributed by atoms with E-state index in [1.54, 1.807) is 13.2 Å². The van der Waals surface area contributed by atoms with E-state index in [9.17, 15) is 5.11 Å². The number of nitrogens with one attached hydrogen (secondary N) is 1. The van der Waals surface area contributed by atoms with Gasteiger partial charge in [0, 0.05) is 18.2 Å². The van der Waals surface area contributed by atoms with E-state index in [0.717, 1.165) is 18.7 Å². The summed E-state index contributed by atoms with van der Waals surface area (Å²) in [5.41, 5.74) is 0.857. The molecule has 90 valence electrons. The minimum atomic E-state index is 0. The van der Waals surface area contributed by atoms with E-state index in [0.29, 0.717) is 12.4 Å². The van der Waals surface area contributed by atoms with Crippen molar-refractivity contribution in [1.82, 2.24) is 5.32 Å². The predicted octanol–water partition coefficient (Wildman–Crippen LogP) is 1.48. The maximum Gasteiger partial charge on any atom is 0.124 e. The van der Waals surface area contributed by atoms with Gasteiger partial charge in [-0.1, -0.05) is 0 Å². The number of phenols is 1. The molecule has 0 aromatic heterocycles. The molecule has 1 aromatic carbocycles. The highest BCUT2D eigenvalue weighted by atomic mass is 35.5. The zero-order valence-electron chi connectivity index (χ0n) is 9.10. The number of rotatable bonds is 2. The van der Waals surface area contributed by atoms with Crippen LogP contribution in [0, 0.1) is 0 Å². The summed E-state index contributed by atoms with van der Waals surface area (Å²) in [5, 5.41) is 13.1. The Morgan fingerprint density at radius 2 is 2.31 bits per heavy atom. The number of hydrogen-bond acceptors (Lipinski definition) is 4. The van der Waals surface area contributed by atoms with E-state index < -0.39 is 0 Å². The molecule has 0 spiro atoms. The van der Waals surface area contributed by atoms with Crippen molar-refractivity contribution in [2.75, 3.05) is 26.9 Å². The Hall–Kier alpha value is -0.970. The van der Waals surface area contributed by atoms with E-state index in [2.05, 4.69) is 5.32 Å². The van der Waals surface area contributed by atoms with Crippen molar-refractivity contribution in [3.05, 3.63) is 23.8 Å². The first-order valence-corrected chi connectivity index (χ1v) is 4.99. The summed E-state index contributed by atoms with van der Waals surface area (Å²) in [7, 11) is 1.58. The molecule has 1 heterocycles. The van der Waals surface area contributed by atoms with Crippen LogP contribution in [0.5, 0.6) is 11.5 Å². The Bertz CT molecular complexity index is 340. The van der Waals surface area contributed by atoms with E-state index >= 15 is 0 Å². The molecule has 2 rings (SSSR count). The quantitative estimate of drug-likeness (QED) is 0.829. The van der Waals surface area contributed by atoms with Crippen LogP contribution in [0.1, 0.15) is 11.6 Å². The minimum absolute atomic E-state index is 0. The molecule has 5 heteroatoms. The second-order valence-corrected chi connectivity index (χ2v) is 3.51. The van der Waals surface area contributed by atoms with Crippen molar-refractivity contribution < 1.29 is 14.6 Å². The highest BCUT2D eigenvalue weighted by Gasteiger charge is 2.18. The van der Waals surface area contributed by atoms with Gasteiger partial charge in [-0.3, -0.25) is 0 Å². The van der Waals surface area contributed by atoms with Crippen molar-refractivity contribution in [2.45, 2.75) is 6.04 Å². The van der Waals surface area contributed by atoms with Crippen LogP contribution in [0.25, 0.3) is 0 Å². The third-order valence-corrected chi connectivity index (χ3v) is 2.53. The fourth-order valence-electron chi connectivity index (χ4n) is 1.71. The summed E-state index contributed by atoms with van der Waals surface area (Å²) >= 11 is 0. The smallest absolute Gasteiger partial charge is 0.124 e. The lowest BCUT2D eigenvalue weighted by molar-refractivity contribution is 0.0760. The second kappa shape index (κ2) is 5.94. The molecular formula is C11H16ClNO3. The van der Waals surface area contributed by atoms with E-state index in [1.807, 2.05) is 12.1 Å². The summed E-state index contributed by atoms with van der Waals surface area (Å²) < 4.78 is 10.4. The Morgan fingerprint density at radius 1 is 1.50 bits per heavy atom. The van der Waals surface area contributed by atoms with E-state index in [4.69, 9.17) is 9.47 Å². The molecule has 4 nitrogen and oxygen atoms in total. The molecule has 16 heavy (non-hydrogen) atoms. The molecule has 1 fully saturated rings. The lowest BCUT2D eigenvalue weighted by atomic mass is 10.1. The van der Waals surface area contributed by atoms with Gasteiger partial charge in [-0.2, -0.15) is 0 Å². The molecule has 0 bridgehead atoms. The molecule has 0 saturated carbocycles. The number of ether oxygens (including phenoxy) is 2. The summed E-state index contributed by atoms with van der Waals surface area (Å²) in [5.74, 6) is 0.908. The molecule has 1 aromatic rings.